The van der Waals surface area contributed by atoms with E-state index in [1.807, 2.05) is 12.3 Å². The second-order valence-corrected chi connectivity index (χ2v) is 4.54. The number of aryl methyl sites for hydroxylation is 1. The van der Waals surface area contributed by atoms with Gasteiger partial charge < -0.3 is 9.72 Å². The van der Waals surface area contributed by atoms with Crippen LogP contribution < -0.4 is 4.74 Å². The number of benzene rings is 1. The van der Waals surface area contributed by atoms with Crippen molar-refractivity contribution >= 4 is 11.6 Å². The summed E-state index contributed by atoms with van der Waals surface area (Å²) in [5.74, 6) is 0.940. The molecule has 1 aromatic heterocycles. The van der Waals surface area contributed by atoms with Gasteiger partial charge in [0.25, 0.3) is 0 Å². The van der Waals surface area contributed by atoms with E-state index in [0.717, 1.165) is 24.3 Å². The monoisotopic (exact) mass is 240 g/mol. The number of nitrogens with zero attached hydrogens (tertiary/aromatic N) is 1. The van der Waals surface area contributed by atoms with Gasteiger partial charge in [-0.25, -0.2) is 4.98 Å². The molecule has 3 nitrogen and oxygen atoms in total. The van der Waals surface area contributed by atoms with E-state index in [4.69, 9.17) is 4.74 Å². The molecule has 1 aromatic carbocycles. The molecule has 1 N–H and O–H groups in total. The van der Waals surface area contributed by atoms with Gasteiger partial charge in [0.05, 0.1) is 19.1 Å². The van der Waals surface area contributed by atoms with Crippen LogP contribution in [0.4, 0.5) is 0 Å². The first-order chi connectivity index (χ1) is 8.86. The van der Waals surface area contributed by atoms with Crippen molar-refractivity contribution in [1.29, 1.82) is 0 Å². The summed E-state index contributed by atoms with van der Waals surface area (Å²) in [6.07, 6.45) is 9.24. The summed E-state index contributed by atoms with van der Waals surface area (Å²) in [7, 11) is 1.71. The largest absolute Gasteiger partial charge is 0.497 e. The number of aromatic amines is 1. The summed E-state index contributed by atoms with van der Waals surface area (Å²) in [5.41, 5.74) is 5.08. The van der Waals surface area contributed by atoms with E-state index in [1.165, 1.54) is 23.1 Å². The molecular formula is C15H16N2O. The van der Waals surface area contributed by atoms with Crippen LogP contribution in [0.3, 0.4) is 0 Å². The zero-order valence-corrected chi connectivity index (χ0v) is 10.4. The van der Waals surface area contributed by atoms with Crippen LogP contribution in [0.2, 0.25) is 0 Å². The van der Waals surface area contributed by atoms with Crippen molar-refractivity contribution in [2.24, 2.45) is 0 Å². The number of allylic oxidation sites excluding steroid dienone is 1. The molecule has 0 saturated carbocycles. The number of methoxy groups -OCH3 is 1. The molecular weight excluding hydrogens is 224 g/mol. The predicted octanol–water partition coefficient (Wildman–Crippen LogP) is 3.30. The molecule has 0 bridgehead atoms. The van der Waals surface area contributed by atoms with Gasteiger partial charge in [0.1, 0.15) is 5.75 Å². The molecule has 0 aliphatic heterocycles. The number of nitrogens with one attached hydrogen (secondary N) is 1. The fourth-order valence-electron chi connectivity index (χ4n) is 2.50. The van der Waals surface area contributed by atoms with Crippen molar-refractivity contribution in [3.8, 4) is 5.75 Å². The van der Waals surface area contributed by atoms with Crippen LogP contribution in [-0.4, -0.2) is 17.1 Å². The number of fused-ring (bicyclic) bond motifs is 1. The van der Waals surface area contributed by atoms with E-state index in [9.17, 15) is 0 Å². The number of H-pyrrole nitrogens is 1. The van der Waals surface area contributed by atoms with Crippen molar-refractivity contribution in [2.75, 3.05) is 7.11 Å². The van der Waals surface area contributed by atoms with Crippen LogP contribution in [-0.2, 0) is 6.42 Å². The number of imidazole rings is 1. The van der Waals surface area contributed by atoms with Crippen LogP contribution in [0.25, 0.3) is 11.6 Å². The highest BCUT2D eigenvalue weighted by Crippen LogP contribution is 2.33. The first-order valence-corrected chi connectivity index (χ1v) is 6.23. The normalized spacial score (nSPS) is 16.6. The Bertz CT molecular complexity index is 570. The van der Waals surface area contributed by atoms with Crippen molar-refractivity contribution in [2.45, 2.75) is 19.3 Å². The van der Waals surface area contributed by atoms with Crippen molar-refractivity contribution in [1.82, 2.24) is 9.97 Å². The summed E-state index contributed by atoms with van der Waals surface area (Å²) in [6, 6.07) is 6.33. The quantitative estimate of drug-likeness (QED) is 0.874. The lowest BCUT2D eigenvalue weighted by Gasteiger charge is -2.19. The summed E-state index contributed by atoms with van der Waals surface area (Å²) < 4.78 is 5.28. The van der Waals surface area contributed by atoms with E-state index in [1.54, 1.807) is 13.4 Å². The third-order valence-electron chi connectivity index (χ3n) is 3.39. The maximum atomic E-state index is 5.28. The minimum atomic E-state index is 0.940. The van der Waals surface area contributed by atoms with Crippen LogP contribution >= 0.6 is 0 Å². The Balaban J connectivity index is 2.02. The highest BCUT2D eigenvalue weighted by atomic mass is 16.5. The molecule has 1 aliphatic carbocycles. The lowest BCUT2D eigenvalue weighted by Crippen LogP contribution is -2.02. The van der Waals surface area contributed by atoms with E-state index in [0.29, 0.717) is 0 Å². The Morgan fingerprint density at radius 1 is 1.33 bits per heavy atom. The summed E-state index contributed by atoms with van der Waals surface area (Å²) in [4.78, 5) is 7.25. The maximum Gasteiger partial charge on any atom is 0.119 e. The Kier molecular flexibility index (Phi) is 2.89. The molecule has 0 saturated heterocycles. The van der Waals surface area contributed by atoms with Gasteiger partial charge in [-0.3, -0.25) is 0 Å². The minimum Gasteiger partial charge on any atom is -0.497 e. The summed E-state index contributed by atoms with van der Waals surface area (Å²) in [5, 5.41) is 0. The Morgan fingerprint density at radius 3 is 3.06 bits per heavy atom. The zero-order valence-electron chi connectivity index (χ0n) is 10.4. The average molecular weight is 240 g/mol. The first-order valence-electron chi connectivity index (χ1n) is 6.23. The predicted molar refractivity (Wildman–Crippen MR) is 72.4 cm³/mol. The van der Waals surface area contributed by atoms with E-state index >= 15 is 0 Å². The fraction of sp³-hybridized carbons (Fsp3) is 0.267. The zero-order chi connectivity index (χ0) is 12.4. The van der Waals surface area contributed by atoms with Gasteiger partial charge >= 0.3 is 0 Å². The molecule has 2 aromatic rings. The van der Waals surface area contributed by atoms with Gasteiger partial charge in [-0.05, 0) is 54.2 Å². The second kappa shape index (κ2) is 4.69. The second-order valence-electron chi connectivity index (χ2n) is 4.54. The third-order valence-corrected chi connectivity index (χ3v) is 3.39. The summed E-state index contributed by atoms with van der Waals surface area (Å²) in [6.45, 7) is 0. The van der Waals surface area contributed by atoms with Gasteiger partial charge in [-0.2, -0.15) is 0 Å². The number of hydrogen-bond donors (Lipinski definition) is 1. The van der Waals surface area contributed by atoms with E-state index in [-0.39, 0.29) is 0 Å². The number of rotatable bonds is 2. The Morgan fingerprint density at radius 2 is 2.28 bits per heavy atom. The lowest BCUT2D eigenvalue weighted by atomic mass is 9.87. The summed E-state index contributed by atoms with van der Waals surface area (Å²) >= 11 is 0. The molecule has 1 aliphatic rings. The Labute approximate surface area is 107 Å². The van der Waals surface area contributed by atoms with Crippen LogP contribution in [0, 0.1) is 0 Å². The lowest BCUT2D eigenvalue weighted by molar-refractivity contribution is 0.414. The van der Waals surface area contributed by atoms with Crippen molar-refractivity contribution in [3.63, 3.8) is 0 Å². The molecule has 3 heteroatoms. The molecule has 0 fully saturated rings. The molecule has 92 valence electrons. The smallest absolute Gasteiger partial charge is 0.119 e. The van der Waals surface area contributed by atoms with Gasteiger partial charge in [-0.1, -0.05) is 6.07 Å². The molecule has 3 rings (SSSR count). The molecule has 1 heterocycles. The van der Waals surface area contributed by atoms with E-state index in [2.05, 4.69) is 28.2 Å². The molecule has 0 amide bonds. The molecule has 0 unspecified atom stereocenters. The van der Waals surface area contributed by atoms with Gasteiger partial charge in [0.2, 0.25) is 0 Å². The fourth-order valence-corrected chi connectivity index (χ4v) is 2.50. The third kappa shape index (κ3) is 2.04. The van der Waals surface area contributed by atoms with Crippen molar-refractivity contribution in [3.05, 3.63) is 47.5 Å². The van der Waals surface area contributed by atoms with Crippen LogP contribution in [0.5, 0.6) is 5.75 Å². The average Bonchev–Trinajstić information content (AvgIpc) is 2.91. The van der Waals surface area contributed by atoms with Gasteiger partial charge in [-0.15, -0.1) is 0 Å². The highest BCUT2D eigenvalue weighted by Gasteiger charge is 2.14. The standard InChI is InChI=1S/C15H16N2O/c1-18-14-5-6-15-11(3-2-4-12(15)8-14)7-13-9-16-10-17-13/h5-10H,2-4H2,1H3,(H,16,17)/b11-7+. The highest BCUT2D eigenvalue weighted by molar-refractivity contribution is 5.83. The SMILES string of the molecule is COc1ccc2c(c1)CCC/C2=C\c1c[nH]cn1. The van der Waals surface area contributed by atoms with E-state index < -0.39 is 0 Å². The van der Waals surface area contributed by atoms with Crippen molar-refractivity contribution < 1.29 is 4.74 Å². The first kappa shape index (κ1) is 11.1. The topological polar surface area (TPSA) is 37.9 Å². The molecule has 0 atom stereocenters. The number of aromatic nitrogens is 2. The van der Waals surface area contributed by atoms with Crippen LogP contribution in [0.15, 0.2) is 30.7 Å². The maximum absolute atomic E-state index is 5.28. The Hall–Kier alpha value is -2.03. The molecule has 18 heavy (non-hydrogen) atoms. The number of ether oxygens (including phenoxy) is 1. The number of hydrogen-bond acceptors (Lipinski definition) is 2. The van der Waals surface area contributed by atoms with Gasteiger partial charge in [0.15, 0.2) is 0 Å². The van der Waals surface area contributed by atoms with Gasteiger partial charge in [0, 0.05) is 6.20 Å². The van der Waals surface area contributed by atoms with Crippen LogP contribution in [0.1, 0.15) is 29.7 Å². The molecule has 0 radical (unpaired) electrons. The minimum absolute atomic E-state index is 0.940. The molecule has 0 spiro atoms.